The molecule has 90 valence electrons. The molecule has 1 heteroatoms. The van der Waals surface area contributed by atoms with Crippen molar-refractivity contribution in [3.05, 3.63) is 33.5 Å². The Balaban J connectivity index is 2.75. The minimum absolute atomic E-state index is 0.751. The first-order valence-corrected chi connectivity index (χ1v) is 7.28. The lowest BCUT2D eigenvalue weighted by atomic mass is 9.77. The number of allylic oxidation sites excluding steroid dienone is 5. The summed E-state index contributed by atoms with van der Waals surface area (Å²) in [7, 11) is 0. The summed E-state index contributed by atoms with van der Waals surface area (Å²) in [6.45, 7) is 10.8. The highest BCUT2D eigenvalue weighted by atomic mass is 127. The van der Waals surface area contributed by atoms with E-state index in [-0.39, 0.29) is 0 Å². The minimum atomic E-state index is 0.751. The SMILES string of the molecule is C=C(C)/C(=C\C=C(\C)I)C1CCC(C)CC1. The van der Waals surface area contributed by atoms with Crippen LogP contribution in [0.3, 0.4) is 0 Å². The van der Waals surface area contributed by atoms with Crippen molar-refractivity contribution in [2.75, 3.05) is 0 Å². The highest BCUT2D eigenvalue weighted by molar-refractivity contribution is 14.1. The molecule has 0 aliphatic heterocycles. The molecule has 1 fully saturated rings. The quantitative estimate of drug-likeness (QED) is 0.463. The molecule has 0 aromatic heterocycles. The van der Waals surface area contributed by atoms with Gasteiger partial charge in [0.2, 0.25) is 0 Å². The molecule has 0 amide bonds. The van der Waals surface area contributed by atoms with Crippen molar-refractivity contribution < 1.29 is 0 Å². The fourth-order valence-corrected chi connectivity index (χ4v) is 2.58. The summed E-state index contributed by atoms with van der Waals surface area (Å²) in [4.78, 5) is 0. The molecule has 0 atom stereocenters. The molecule has 1 aliphatic carbocycles. The van der Waals surface area contributed by atoms with E-state index < -0.39 is 0 Å². The molecular weight excluding hydrogens is 307 g/mol. The van der Waals surface area contributed by atoms with Crippen LogP contribution in [0.15, 0.2) is 33.5 Å². The largest absolute Gasteiger partial charge is 0.0958 e. The summed E-state index contributed by atoms with van der Waals surface area (Å²) < 4.78 is 1.33. The van der Waals surface area contributed by atoms with Gasteiger partial charge in [-0.25, -0.2) is 0 Å². The molecule has 0 saturated heterocycles. The lowest BCUT2D eigenvalue weighted by molar-refractivity contribution is 0.322. The van der Waals surface area contributed by atoms with Gasteiger partial charge in [0.1, 0.15) is 0 Å². The van der Waals surface area contributed by atoms with Gasteiger partial charge in [-0.3, -0.25) is 0 Å². The molecule has 0 heterocycles. The van der Waals surface area contributed by atoms with Gasteiger partial charge in [0.15, 0.2) is 0 Å². The third-order valence-electron chi connectivity index (χ3n) is 3.44. The Kier molecular flexibility index (Phi) is 5.81. The Morgan fingerprint density at radius 3 is 2.12 bits per heavy atom. The molecule has 0 radical (unpaired) electrons. The van der Waals surface area contributed by atoms with Crippen molar-refractivity contribution in [2.45, 2.75) is 46.5 Å². The van der Waals surface area contributed by atoms with Crippen molar-refractivity contribution >= 4 is 22.6 Å². The molecule has 0 nitrogen and oxygen atoms in total. The van der Waals surface area contributed by atoms with Gasteiger partial charge in [-0.05, 0) is 70.3 Å². The second-order valence-electron chi connectivity index (χ2n) is 5.11. The zero-order valence-corrected chi connectivity index (χ0v) is 12.9. The first kappa shape index (κ1) is 14.0. The van der Waals surface area contributed by atoms with Gasteiger partial charge >= 0.3 is 0 Å². The van der Waals surface area contributed by atoms with Gasteiger partial charge in [-0.2, -0.15) is 0 Å². The van der Waals surface area contributed by atoms with Crippen molar-refractivity contribution in [3.8, 4) is 0 Å². The molecule has 1 aliphatic rings. The fraction of sp³-hybridized carbons (Fsp3) is 0.600. The van der Waals surface area contributed by atoms with E-state index in [0.29, 0.717) is 0 Å². The van der Waals surface area contributed by atoms with Crippen LogP contribution in [-0.2, 0) is 0 Å². The molecule has 1 rings (SSSR count). The van der Waals surface area contributed by atoms with Crippen molar-refractivity contribution in [3.63, 3.8) is 0 Å². The van der Waals surface area contributed by atoms with Gasteiger partial charge in [-0.15, -0.1) is 0 Å². The van der Waals surface area contributed by atoms with Crippen LogP contribution in [0.5, 0.6) is 0 Å². The number of hydrogen-bond acceptors (Lipinski definition) is 0. The topological polar surface area (TPSA) is 0 Å². The van der Waals surface area contributed by atoms with Gasteiger partial charge < -0.3 is 0 Å². The van der Waals surface area contributed by atoms with E-state index >= 15 is 0 Å². The number of rotatable bonds is 3. The van der Waals surface area contributed by atoms with E-state index in [1.807, 2.05) is 0 Å². The second kappa shape index (κ2) is 6.63. The lowest BCUT2D eigenvalue weighted by Crippen LogP contribution is -2.14. The van der Waals surface area contributed by atoms with E-state index in [1.165, 1.54) is 40.4 Å². The number of halogens is 1. The predicted molar refractivity (Wildman–Crippen MR) is 81.8 cm³/mol. The molecular formula is C15H23I. The van der Waals surface area contributed by atoms with E-state index in [0.717, 1.165) is 11.8 Å². The average molecular weight is 330 g/mol. The summed E-state index contributed by atoms with van der Waals surface area (Å²) in [5.41, 5.74) is 2.72. The zero-order chi connectivity index (χ0) is 12.1. The lowest BCUT2D eigenvalue weighted by Gasteiger charge is -2.28. The Labute approximate surface area is 114 Å². The van der Waals surface area contributed by atoms with Gasteiger partial charge in [0.05, 0.1) is 0 Å². The van der Waals surface area contributed by atoms with Crippen molar-refractivity contribution in [2.24, 2.45) is 11.8 Å². The Morgan fingerprint density at radius 2 is 1.69 bits per heavy atom. The molecule has 16 heavy (non-hydrogen) atoms. The Hall–Kier alpha value is -0.0500. The summed E-state index contributed by atoms with van der Waals surface area (Å²) in [6.07, 6.45) is 9.93. The van der Waals surface area contributed by atoms with E-state index in [2.05, 4.69) is 62.1 Å². The maximum atomic E-state index is 4.13. The third kappa shape index (κ3) is 4.44. The average Bonchev–Trinajstić information content (AvgIpc) is 2.20. The van der Waals surface area contributed by atoms with Crippen LogP contribution in [0.1, 0.15) is 46.5 Å². The van der Waals surface area contributed by atoms with Gasteiger partial charge in [0, 0.05) is 0 Å². The fourth-order valence-electron chi connectivity index (χ4n) is 2.40. The molecule has 0 unspecified atom stereocenters. The molecule has 1 saturated carbocycles. The monoisotopic (exact) mass is 330 g/mol. The predicted octanol–water partition coefficient (Wildman–Crippen LogP) is 5.65. The van der Waals surface area contributed by atoms with E-state index in [4.69, 9.17) is 0 Å². The van der Waals surface area contributed by atoms with Crippen LogP contribution in [0.4, 0.5) is 0 Å². The molecule has 0 spiro atoms. The smallest absolute Gasteiger partial charge is 0.0125 e. The second-order valence-corrected chi connectivity index (χ2v) is 6.81. The highest BCUT2D eigenvalue weighted by Gasteiger charge is 2.21. The van der Waals surface area contributed by atoms with Crippen LogP contribution in [0.2, 0.25) is 0 Å². The van der Waals surface area contributed by atoms with Gasteiger partial charge in [-0.1, -0.05) is 44.1 Å². The standard InChI is InChI=1S/C15H23I/c1-11(2)15(10-7-13(4)16)14-8-5-12(3)6-9-14/h7,10,12,14H,1,5-6,8-9H2,2-4H3/b13-7-,15-10+. The summed E-state index contributed by atoms with van der Waals surface area (Å²) >= 11 is 2.36. The molecule has 0 N–H and O–H groups in total. The third-order valence-corrected chi connectivity index (χ3v) is 3.80. The highest BCUT2D eigenvalue weighted by Crippen LogP contribution is 2.35. The normalized spacial score (nSPS) is 28.0. The molecule has 0 bridgehead atoms. The number of hydrogen-bond donors (Lipinski definition) is 0. The van der Waals surface area contributed by atoms with Crippen LogP contribution in [0, 0.1) is 11.8 Å². The van der Waals surface area contributed by atoms with Crippen molar-refractivity contribution in [1.29, 1.82) is 0 Å². The maximum Gasteiger partial charge on any atom is -0.0125 e. The Morgan fingerprint density at radius 1 is 1.12 bits per heavy atom. The van der Waals surface area contributed by atoms with Crippen LogP contribution < -0.4 is 0 Å². The van der Waals surface area contributed by atoms with E-state index in [9.17, 15) is 0 Å². The maximum absolute atomic E-state index is 4.13. The van der Waals surface area contributed by atoms with Crippen LogP contribution >= 0.6 is 22.6 Å². The Bertz CT molecular complexity index is 297. The minimum Gasteiger partial charge on any atom is -0.0958 e. The van der Waals surface area contributed by atoms with E-state index in [1.54, 1.807) is 0 Å². The van der Waals surface area contributed by atoms with Crippen LogP contribution in [-0.4, -0.2) is 0 Å². The first-order valence-electron chi connectivity index (χ1n) is 6.20. The first-order chi connectivity index (χ1) is 7.50. The molecule has 0 aromatic carbocycles. The van der Waals surface area contributed by atoms with Crippen molar-refractivity contribution in [1.82, 2.24) is 0 Å². The summed E-state index contributed by atoms with van der Waals surface area (Å²) in [6, 6.07) is 0. The summed E-state index contributed by atoms with van der Waals surface area (Å²) in [5.74, 6) is 1.67. The zero-order valence-electron chi connectivity index (χ0n) is 10.7. The van der Waals surface area contributed by atoms with Gasteiger partial charge in [0.25, 0.3) is 0 Å². The molecule has 0 aromatic rings. The summed E-state index contributed by atoms with van der Waals surface area (Å²) in [5, 5.41) is 0. The van der Waals surface area contributed by atoms with Crippen LogP contribution in [0.25, 0.3) is 0 Å².